The van der Waals surface area contributed by atoms with Gasteiger partial charge in [0.2, 0.25) is 0 Å². The molecule has 0 saturated heterocycles. The molecule has 0 saturated carbocycles. The Morgan fingerprint density at radius 2 is 1.89 bits per heavy atom. The number of aryl methyl sites for hydroxylation is 2. The fourth-order valence-electron chi connectivity index (χ4n) is 3.72. The molecule has 174 valence electrons. The molecule has 0 amide bonds. The van der Waals surface area contributed by atoms with Gasteiger partial charge in [0, 0.05) is 20.2 Å². The van der Waals surface area contributed by atoms with Crippen LogP contribution in [0.1, 0.15) is 5.69 Å². The lowest BCUT2D eigenvalue weighted by Gasteiger charge is -2.15. The number of nitrogens with zero attached hydrogens (tertiary/aromatic N) is 7. The van der Waals surface area contributed by atoms with Gasteiger partial charge in [0.05, 0.1) is 24.0 Å². The van der Waals surface area contributed by atoms with E-state index in [1.54, 1.807) is 56.5 Å². The average molecular weight is 468 g/mol. The quantitative estimate of drug-likeness (QED) is 0.341. The fourth-order valence-corrected chi connectivity index (χ4v) is 3.72. The number of fused-ring (bicyclic) bond motifs is 1. The topological polar surface area (TPSA) is 151 Å². The molecule has 0 fully saturated rings. The summed E-state index contributed by atoms with van der Waals surface area (Å²) in [6.07, 6.45) is 1.61. The number of aromatic amines is 1. The largest absolute Gasteiger partial charge is 0.494 e. The zero-order valence-corrected chi connectivity index (χ0v) is 19.1. The zero-order chi connectivity index (χ0) is 24.5. The molecule has 0 spiro atoms. The minimum absolute atomic E-state index is 0.243. The number of anilines is 4. The number of nitriles is 1. The third-order valence-corrected chi connectivity index (χ3v) is 5.26. The maximum atomic E-state index is 12.9. The number of para-hydroxylation sites is 1. The first kappa shape index (κ1) is 21.7. The second-order valence-electron chi connectivity index (χ2n) is 7.65. The highest BCUT2D eigenvalue weighted by molar-refractivity contribution is 5.94. The van der Waals surface area contributed by atoms with Gasteiger partial charge in [0.15, 0.2) is 17.2 Å². The van der Waals surface area contributed by atoms with E-state index in [-0.39, 0.29) is 11.3 Å². The van der Waals surface area contributed by atoms with Crippen LogP contribution < -0.4 is 20.9 Å². The molecule has 0 aliphatic carbocycles. The van der Waals surface area contributed by atoms with Crippen molar-refractivity contribution in [1.82, 2.24) is 34.5 Å². The molecule has 35 heavy (non-hydrogen) atoms. The van der Waals surface area contributed by atoms with E-state index < -0.39 is 0 Å². The Morgan fingerprint density at radius 3 is 2.63 bits per heavy atom. The molecular formula is C23H20N10O2. The maximum Gasteiger partial charge on any atom is 0.277 e. The van der Waals surface area contributed by atoms with Gasteiger partial charge < -0.3 is 15.4 Å². The number of aromatic nitrogens is 7. The number of hydrogen-bond acceptors (Lipinski definition) is 9. The first-order valence-corrected chi connectivity index (χ1v) is 10.5. The van der Waals surface area contributed by atoms with Crippen molar-refractivity contribution < 1.29 is 4.74 Å². The van der Waals surface area contributed by atoms with E-state index in [0.29, 0.717) is 51.2 Å². The standard InChI is InChI=1S/C23H20N10O2/c1-32-12-25-21(30-32)14-7-5-8-15(20(14)35-3)27-16-10-18(28-17-9-4-6-13(11-24)26-17)29-22-19(16)23(34)33(2)31-22/h4-10,12H,1-3H3,(H3,26,27,28,29,31). The third kappa shape index (κ3) is 4.02. The summed E-state index contributed by atoms with van der Waals surface area (Å²) in [6, 6.07) is 14.3. The SMILES string of the molecule is COc1c(Nc2cc(Nc3cccc(C#N)n3)nc3[nH]n(C)c(=O)c23)cccc1-c1ncn(C)n1. The first-order valence-electron chi connectivity index (χ1n) is 10.5. The summed E-state index contributed by atoms with van der Waals surface area (Å²) in [4.78, 5) is 25.9. The maximum absolute atomic E-state index is 12.9. The van der Waals surface area contributed by atoms with Crippen LogP contribution in [-0.4, -0.2) is 41.6 Å². The molecule has 1 aromatic carbocycles. The number of benzene rings is 1. The van der Waals surface area contributed by atoms with E-state index in [0.717, 1.165) is 0 Å². The van der Waals surface area contributed by atoms with Crippen LogP contribution in [-0.2, 0) is 14.1 Å². The normalized spacial score (nSPS) is 10.8. The fraction of sp³-hybridized carbons (Fsp3) is 0.130. The Morgan fingerprint density at radius 1 is 1.06 bits per heavy atom. The molecule has 0 radical (unpaired) electrons. The van der Waals surface area contributed by atoms with E-state index in [9.17, 15) is 4.79 Å². The van der Waals surface area contributed by atoms with Crippen molar-refractivity contribution in [1.29, 1.82) is 5.26 Å². The minimum Gasteiger partial charge on any atom is -0.494 e. The van der Waals surface area contributed by atoms with Gasteiger partial charge in [-0.2, -0.15) is 10.4 Å². The molecule has 0 aliphatic heterocycles. The van der Waals surface area contributed by atoms with Crippen LogP contribution >= 0.6 is 0 Å². The zero-order valence-electron chi connectivity index (χ0n) is 19.1. The van der Waals surface area contributed by atoms with E-state index in [1.807, 2.05) is 24.3 Å². The van der Waals surface area contributed by atoms with Crippen LogP contribution in [0.4, 0.5) is 23.0 Å². The molecule has 0 aliphatic rings. The molecule has 4 heterocycles. The number of H-pyrrole nitrogens is 1. The van der Waals surface area contributed by atoms with Gasteiger partial charge in [-0.05, 0) is 24.3 Å². The molecule has 4 aromatic heterocycles. The Kier molecular flexibility index (Phi) is 5.34. The van der Waals surface area contributed by atoms with Crippen LogP contribution in [0.25, 0.3) is 22.4 Å². The number of rotatable bonds is 6. The number of methoxy groups -OCH3 is 1. The van der Waals surface area contributed by atoms with Crippen molar-refractivity contribution in [3.63, 3.8) is 0 Å². The van der Waals surface area contributed by atoms with Crippen molar-refractivity contribution in [3.05, 3.63) is 64.8 Å². The van der Waals surface area contributed by atoms with Crippen LogP contribution in [0.3, 0.4) is 0 Å². The Labute approximate surface area is 198 Å². The number of nitrogens with one attached hydrogen (secondary N) is 3. The lowest BCUT2D eigenvalue weighted by molar-refractivity contribution is 0.418. The van der Waals surface area contributed by atoms with Gasteiger partial charge in [-0.15, -0.1) is 0 Å². The number of ether oxygens (including phenoxy) is 1. The predicted molar refractivity (Wildman–Crippen MR) is 130 cm³/mol. The molecule has 0 atom stereocenters. The van der Waals surface area contributed by atoms with Gasteiger partial charge >= 0.3 is 0 Å². The summed E-state index contributed by atoms with van der Waals surface area (Å²) < 4.78 is 8.66. The van der Waals surface area contributed by atoms with E-state index in [4.69, 9.17) is 10.00 Å². The summed E-state index contributed by atoms with van der Waals surface area (Å²) in [5, 5.41) is 23.2. The molecule has 12 nitrogen and oxygen atoms in total. The highest BCUT2D eigenvalue weighted by Crippen LogP contribution is 2.37. The van der Waals surface area contributed by atoms with Crippen LogP contribution in [0.15, 0.2) is 53.6 Å². The van der Waals surface area contributed by atoms with Gasteiger partial charge in [-0.25, -0.2) is 15.0 Å². The van der Waals surface area contributed by atoms with Crippen molar-refractivity contribution in [2.75, 3.05) is 17.7 Å². The summed E-state index contributed by atoms with van der Waals surface area (Å²) in [5.74, 6) is 1.90. The molecular weight excluding hydrogens is 448 g/mol. The van der Waals surface area contributed by atoms with Crippen molar-refractivity contribution in [3.8, 4) is 23.2 Å². The van der Waals surface area contributed by atoms with E-state index in [1.165, 1.54) is 4.68 Å². The predicted octanol–water partition coefficient (Wildman–Crippen LogP) is 2.82. The monoisotopic (exact) mass is 468 g/mol. The second kappa shape index (κ2) is 8.64. The van der Waals surface area contributed by atoms with Gasteiger partial charge in [0.25, 0.3) is 5.56 Å². The van der Waals surface area contributed by atoms with Crippen molar-refractivity contribution >= 4 is 34.0 Å². The van der Waals surface area contributed by atoms with Crippen molar-refractivity contribution in [2.45, 2.75) is 0 Å². The van der Waals surface area contributed by atoms with Crippen LogP contribution in [0.5, 0.6) is 5.75 Å². The summed E-state index contributed by atoms with van der Waals surface area (Å²) >= 11 is 0. The van der Waals surface area contributed by atoms with Crippen LogP contribution in [0, 0.1) is 11.3 Å². The summed E-state index contributed by atoms with van der Waals surface area (Å²) in [5.41, 5.74) is 2.22. The Hall–Kier alpha value is -5.18. The van der Waals surface area contributed by atoms with Crippen LogP contribution in [0.2, 0.25) is 0 Å². The summed E-state index contributed by atoms with van der Waals surface area (Å²) in [7, 11) is 4.97. The van der Waals surface area contributed by atoms with Gasteiger partial charge in [-0.3, -0.25) is 19.3 Å². The smallest absolute Gasteiger partial charge is 0.277 e. The number of pyridine rings is 2. The molecule has 3 N–H and O–H groups in total. The Balaban J connectivity index is 1.61. The van der Waals surface area contributed by atoms with E-state index in [2.05, 4.69) is 35.8 Å². The van der Waals surface area contributed by atoms with E-state index >= 15 is 0 Å². The average Bonchev–Trinajstić information content (AvgIpc) is 3.41. The first-order chi connectivity index (χ1) is 17.0. The molecule has 12 heteroatoms. The second-order valence-corrected chi connectivity index (χ2v) is 7.65. The summed E-state index contributed by atoms with van der Waals surface area (Å²) in [6.45, 7) is 0. The van der Waals surface area contributed by atoms with Gasteiger partial charge in [-0.1, -0.05) is 12.1 Å². The van der Waals surface area contributed by atoms with Gasteiger partial charge in [0.1, 0.15) is 35.1 Å². The van der Waals surface area contributed by atoms with Crippen molar-refractivity contribution in [2.24, 2.45) is 14.1 Å². The number of hydrogen-bond donors (Lipinski definition) is 3. The molecule has 5 aromatic rings. The lowest BCUT2D eigenvalue weighted by Crippen LogP contribution is -2.12. The highest BCUT2D eigenvalue weighted by atomic mass is 16.5. The molecule has 0 bridgehead atoms. The lowest BCUT2D eigenvalue weighted by atomic mass is 10.1. The third-order valence-electron chi connectivity index (χ3n) is 5.26. The minimum atomic E-state index is -0.243. The molecule has 0 unspecified atom stereocenters. The highest BCUT2D eigenvalue weighted by Gasteiger charge is 2.18. The Bertz CT molecular complexity index is 1660. The molecule has 5 rings (SSSR count).